The van der Waals surface area contributed by atoms with Gasteiger partial charge in [0.15, 0.2) is 11.6 Å². The number of hydrogen-bond donors (Lipinski definition) is 1. The predicted octanol–water partition coefficient (Wildman–Crippen LogP) is 4.26. The number of halogens is 2. The van der Waals surface area contributed by atoms with Gasteiger partial charge in [0, 0.05) is 31.6 Å². The molecule has 0 fully saturated rings. The normalized spacial score (nSPS) is 10.7. The number of carbonyl (C=O) groups excluding carboxylic acids is 2. The van der Waals surface area contributed by atoms with Gasteiger partial charge in [-0.05, 0) is 41.5 Å². The molecule has 0 spiro atoms. The van der Waals surface area contributed by atoms with E-state index < -0.39 is 23.4 Å². The lowest BCUT2D eigenvalue weighted by Crippen LogP contribution is -2.37. The lowest BCUT2D eigenvalue weighted by Gasteiger charge is -2.19. The molecule has 0 saturated carbocycles. The summed E-state index contributed by atoms with van der Waals surface area (Å²) in [4.78, 5) is 41.2. The van der Waals surface area contributed by atoms with E-state index in [2.05, 4.69) is 50.8 Å². The van der Waals surface area contributed by atoms with Crippen LogP contribution >= 0.6 is 0 Å². The molecule has 3 aromatic carbocycles. The molecule has 8 nitrogen and oxygen atoms in total. The molecule has 2 amide bonds. The third-order valence-electron chi connectivity index (χ3n) is 6.19. The van der Waals surface area contributed by atoms with Gasteiger partial charge in [0.05, 0.1) is 30.5 Å². The average molecular weight is 567 g/mol. The summed E-state index contributed by atoms with van der Waals surface area (Å²) in [6.45, 7) is 4.09. The van der Waals surface area contributed by atoms with E-state index in [0.717, 1.165) is 39.3 Å². The van der Waals surface area contributed by atoms with Crippen LogP contribution in [-0.2, 0) is 22.7 Å². The van der Waals surface area contributed by atoms with E-state index >= 15 is 0 Å². The number of nitrogens with one attached hydrogen (secondary N) is 1. The first-order valence-electron chi connectivity index (χ1n) is 12.9. The van der Waals surface area contributed by atoms with Gasteiger partial charge < -0.3 is 10.2 Å². The summed E-state index contributed by atoms with van der Waals surface area (Å²) >= 11 is 0. The molecule has 4 aromatic rings. The lowest BCUT2D eigenvalue weighted by molar-refractivity contribution is -0.127. The fourth-order valence-corrected chi connectivity index (χ4v) is 4.14. The predicted molar refractivity (Wildman–Crippen MR) is 158 cm³/mol. The Kier molecular flexibility index (Phi) is 9.69. The Morgan fingerprint density at radius 3 is 2.52 bits per heavy atom. The molecule has 0 aliphatic rings. The third kappa shape index (κ3) is 7.40. The summed E-state index contributed by atoms with van der Waals surface area (Å²) in [5.74, 6) is 3.15. The van der Waals surface area contributed by atoms with Crippen LogP contribution in [0, 0.1) is 23.5 Å². The number of nitrogens with zero attached hydrogens (tertiary/aromatic N) is 5. The minimum Gasteiger partial charge on any atom is -0.355 e. The van der Waals surface area contributed by atoms with Gasteiger partial charge in [-0.25, -0.2) is 18.7 Å². The van der Waals surface area contributed by atoms with E-state index in [-0.39, 0.29) is 18.7 Å². The second kappa shape index (κ2) is 13.8. The van der Waals surface area contributed by atoms with Gasteiger partial charge in [-0.1, -0.05) is 54.8 Å². The van der Waals surface area contributed by atoms with Crippen molar-refractivity contribution in [3.63, 3.8) is 0 Å². The highest BCUT2D eigenvalue weighted by atomic mass is 19.2. The minimum absolute atomic E-state index is 0.0414. The van der Waals surface area contributed by atoms with Gasteiger partial charge in [0.2, 0.25) is 0 Å². The van der Waals surface area contributed by atoms with Crippen LogP contribution < -0.4 is 10.2 Å². The van der Waals surface area contributed by atoms with Crippen LogP contribution in [0.25, 0.3) is 10.9 Å². The van der Waals surface area contributed by atoms with Gasteiger partial charge in [-0.3, -0.25) is 19.5 Å². The molecule has 1 N–H and O–H groups in total. The third-order valence-corrected chi connectivity index (χ3v) is 6.19. The van der Waals surface area contributed by atoms with Crippen molar-refractivity contribution in [2.24, 2.45) is 4.99 Å². The van der Waals surface area contributed by atoms with E-state index in [1.54, 1.807) is 0 Å². The topological polar surface area (TPSA) is 90.8 Å². The van der Waals surface area contributed by atoms with Crippen LogP contribution in [0.1, 0.15) is 16.7 Å². The molecule has 0 atom stereocenters. The fourth-order valence-electron chi connectivity index (χ4n) is 4.14. The summed E-state index contributed by atoms with van der Waals surface area (Å²) in [7, 11) is 3.40. The molecule has 0 radical (unpaired) electrons. The Labute approximate surface area is 242 Å². The number of hydrogen-bond acceptors (Lipinski definition) is 6. The Balaban J connectivity index is 1.40. The molecular weight excluding hydrogens is 538 g/mol. The second-order valence-electron chi connectivity index (χ2n) is 9.29. The SMILES string of the molecule is C=C(C(=O)NCC#Cc1ccc2ncnc(N(C)Cc3ccccc3)c2c1)C(=O)N(/C=N\C)Cc1ccc(F)c(F)c1. The van der Waals surface area contributed by atoms with E-state index in [1.807, 2.05) is 48.3 Å². The van der Waals surface area contributed by atoms with Crippen LogP contribution in [0.5, 0.6) is 0 Å². The van der Waals surface area contributed by atoms with Crippen molar-refractivity contribution in [3.8, 4) is 11.8 Å². The zero-order valence-corrected chi connectivity index (χ0v) is 23.1. The number of carbonyl (C=O) groups is 2. The van der Waals surface area contributed by atoms with Gasteiger partial charge in [-0.2, -0.15) is 0 Å². The molecule has 0 aliphatic carbocycles. The van der Waals surface area contributed by atoms with Crippen LogP contribution in [0.3, 0.4) is 0 Å². The molecule has 212 valence electrons. The minimum atomic E-state index is -1.04. The highest BCUT2D eigenvalue weighted by Crippen LogP contribution is 2.24. The van der Waals surface area contributed by atoms with Crippen molar-refractivity contribution in [2.45, 2.75) is 13.1 Å². The maximum absolute atomic E-state index is 13.6. The molecule has 42 heavy (non-hydrogen) atoms. The number of rotatable bonds is 9. The Bertz CT molecular complexity index is 1710. The molecule has 1 heterocycles. The number of aliphatic imine (C=N–C) groups is 1. The zero-order valence-electron chi connectivity index (χ0n) is 23.1. The molecule has 1 aromatic heterocycles. The maximum atomic E-state index is 13.6. The second-order valence-corrected chi connectivity index (χ2v) is 9.29. The Morgan fingerprint density at radius 1 is 1.00 bits per heavy atom. The number of amides is 2. The molecular formula is C32H28F2N6O2. The van der Waals surface area contributed by atoms with Crippen LogP contribution in [-0.4, -0.2) is 53.7 Å². The Morgan fingerprint density at radius 2 is 1.79 bits per heavy atom. The molecule has 0 unspecified atom stereocenters. The molecule has 0 aliphatic heterocycles. The largest absolute Gasteiger partial charge is 0.355 e. The lowest BCUT2D eigenvalue weighted by atomic mass is 10.1. The number of anilines is 1. The summed E-state index contributed by atoms with van der Waals surface area (Å²) in [5, 5.41) is 3.40. The van der Waals surface area contributed by atoms with E-state index in [0.29, 0.717) is 17.7 Å². The maximum Gasteiger partial charge on any atom is 0.264 e. The Hall–Kier alpha value is -5.43. The zero-order chi connectivity index (χ0) is 30.1. The first-order chi connectivity index (χ1) is 20.3. The van der Waals surface area contributed by atoms with Crippen molar-refractivity contribution in [1.29, 1.82) is 0 Å². The van der Waals surface area contributed by atoms with E-state index in [9.17, 15) is 18.4 Å². The van der Waals surface area contributed by atoms with Crippen LogP contribution in [0.2, 0.25) is 0 Å². The first-order valence-corrected chi connectivity index (χ1v) is 12.9. The number of benzene rings is 3. The van der Waals surface area contributed by atoms with Crippen LogP contribution in [0.4, 0.5) is 14.6 Å². The molecule has 0 saturated heterocycles. The average Bonchev–Trinajstić information content (AvgIpc) is 3.00. The van der Waals surface area contributed by atoms with E-state index in [1.165, 1.54) is 25.8 Å². The van der Waals surface area contributed by atoms with Crippen LogP contribution in [0.15, 0.2) is 90.2 Å². The molecule has 4 rings (SSSR count). The van der Waals surface area contributed by atoms with Gasteiger partial charge >= 0.3 is 0 Å². The first kappa shape index (κ1) is 29.6. The van der Waals surface area contributed by atoms with Crippen molar-refractivity contribution >= 4 is 34.9 Å². The van der Waals surface area contributed by atoms with Crippen molar-refractivity contribution in [2.75, 3.05) is 25.5 Å². The standard InChI is InChI=1S/C32H28F2N6O2/c1-22(32(42)40(21-35-2)19-25-11-13-27(33)28(34)17-25)31(41)36-15-7-10-23-12-14-29-26(16-23)30(38-20-37-29)39(3)18-24-8-5-4-6-9-24/h4-6,8-9,11-14,16-17,20-21H,1,15,18-19H2,2-3H3,(H,36,41)/b35-21-. The number of aromatic nitrogens is 2. The summed E-state index contributed by atoms with van der Waals surface area (Å²) in [5.41, 5.74) is 2.59. The fraction of sp³-hybridized carbons (Fsp3) is 0.156. The monoisotopic (exact) mass is 566 g/mol. The van der Waals surface area contributed by atoms with Gasteiger partial charge in [-0.15, -0.1) is 0 Å². The quantitative estimate of drug-likeness (QED) is 0.0817. The van der Waals surface area contributed by atoms with Crippen molar-refractivity contribution in [1.82, 2.24) is 20.2 Å². The van der Waals surface area contributed by atoms with E-state index in [4.69, 9.17) is 0 Å². The summed E-state index contributed by atoms with van der Waals surface area (Å²) in [6.07, 6.45) is 2.72. The van der Waals surface area contributed by atoms with Crippen molar-refractivity contribution < 1.29 is 18.4 Å². The van der Waals surface area contributed by atoms with Gasteiger partial charge in [0.25, 0.3) is 11.8 Å². The van der Waals surface area contributed by atoms with Gasteiger partial charge in [0.1, 0.15) is 12.1 Å². The van der Waals surface area contributed by atoms with Crippen molar-refractivity contribution in [3.05, 3.63) is 114 Å². The molecule has 0 bridgehead atoms. The summed E-state index contributed by atoms with van der Waals surface area (Å²) in [6, 6.07) is 18.9. The highest BCUT2D eigenvalue weighted by Gasteiger charge is 2.21. The number of fused-ring (bicyclic) bond motifs is 1. The smallest absolute Gasteiger partial charge is 0.264 e. The molecule has 10 heteroatoms. The summed E-state index contributed by atoms with van der Waals surface area (Å²) < 4.78 is 26.9. The highest BCUT2D eigenvalue weighted by molar-refractivity contribution is 6.19.